The summed E-state index contributed by atoms with van der Waals surface area (Å²) in [5.74, 6) is -0.686. The Labute approximate surface area is 184 Å². The van der Waals surface area contributed by atoms with Gasteiger partial charge in [0.25, 0.3) is 0 Å². The predicted octanol–water partition coefficient (Wildman–Crippen LogP) is 1.81. The molecule has 0 aromatic heterocycles. The molecule has 1 saturated heterocycles. The summed E-state index contributed by atoms with van der Waals surface area (Å²) >= 11 is 3.29. The summed E-state index contributed by atoms with van der Waals surface area (Å²) in [7, 11) is -7.43. The molecule has 162 valence electrons. The third-order valence-corrected chi connectivity index (χ3v) is 8.26. The standard InChI is InChI=1S/C19H22BrN3O5S2/c20-16-5-9-18(10-6-16)30(27,28)23-11-1-2-15(13-23)19(24)22-12-14-3-7-17(8-4-14)29(21,25)26/h3-10,15H,1-2,11-13H2,(H,22,24)(H2,21,25,26). The van der Waals surface area contributed by atoms with Crippen molar-refractivity contribution in [3.63, 3.8) is 0 Å². The van der Waals surface area contributed by atoms with Gasteiger partial charge in [0, 0.05) is 24.1 Å². The van der Waals surface area contributed by atoms with E-state index in [9.17, 15) is 21.6 Å². The summed E-state index contributed by atoms with van der Waals surface area (Å²) in [5.41, 5.74) is 0.714. The first-order valence-electron chi connectivity index (χ1n) is 9.22. The second-order valence-corrected chi connectivity index (χ2v) is 11.5. The fourth-order valence-electron chi connectivity index (χ4n) is 3.26. The number of hydrogen-bond donors (Lipinski definition) is 2. The van der Waals surface area contributed by atoms with E-state index in [1.54, 1.807) is 24.3 Å². The van der Waals surface area contributed by atoms with E-state index in [0.717, 1.165) is 4.47 Å². The predicted molar refractivity (Wildman–Crippen MR) is 115 cm³/mol. The summed E-state index contributed by atoms with van der Waals surface area (Å²) < 4.78 is 50.5. The van der Waals surface area contributed by atoms with E-state index in [2.05, 4.69) is 21.2 Å². The second-order valence-electron chi connectivity index (χ2n) is 7.06. The van der Waals surface area contributed by atoms with Gasteiger partial charge in [0.05, 0.1) is 15.7 Å². The Morgan fingerprint density at radius 3 is 2.23 bits per heavy atom. The number of halogens is 1. The maximum Gasteiger partial charge on any atom is 0.243 e. The number of carbonyl (C=O) groups excluding carboxylic acids is 1. The van der Waals surface area contributed by atoms with Gasteiger partial charge in [-0.2, -0.15) is 4.31 Å². The molecular formula is C19H22BrN3O5S2. The van der Waals surface area contributed by atoms with E-state index in [-0.39, 0.29) is 28.8 Å². The van der Waals surface area contributed by atoms with E-state index >= 15 is 0 Å². The highest BCUT2D eigenvalue weighted by Crippen LogP contribution is 2.25. The lowest BCUT2D eigenvalue weighted by Gasteiger charge is -2.31. The number of nitrogens with two attached hydrogens (primary N) is 1. The van der Waals surface area contributed by atoms with Crippen LogP contribution in [0.4, 0.5) is 0 Å². The van der Waals surface area contributed by atoms with Crippen LogP contribution in [0.5, 0.6) is 0 Å². The average molecular weight is 516 g/mol. The number of carbonyl (C=O) groups is 1. The molecule has 0 bridgehead atoms. The Bertz CT molecular complexity index is 1120. The van der Waals surface area contributed by atoms with Crippen LogP contribution in [0.1, 0.15) is 18.4 Å². The van der Waals surface area contributed by atoms with E-state index in [1.165, 1.54) is 28.6 Å². The lowest BCUT2D eigenvalue weighted by Crippen LogP contribution is -2.45. The Hall–Kier alpha value is -1.79. The molecule has 1 heterocycles. The average Bonchev–Trinajstić information content (AvgIpc) is 2.72. The van der Waals surface area contributed by atoms with Gasteiger partial charge in [0.2, 0.25) is 26.0 Å². The smallest absolute Gasteiger partial charge is 0.243 e. The Morgan fingerprint density at radius 1 is 1.03 bits per heavy atom. The molecule has 1 amide bonds. The van der Waals surface area contributed by atoms with Gasteiger partial charge in [-0.15, -0.1) is 0 Å². The molecule has 1 fully saturated rings. The fraction of sp³-hybridized carbons (Fsp3) is 0.316. The van der Waals surface area contributed by atoms with Crippen LogP contribution in [0.25, 0.3) is 0 Å². The second kappa shape index (κ2) is 9.15. The van der Waals surface area contributed by atoms with E-state index in [4.69, 9.17) is 5.14 Å². The topological polar surface area (TPSA) is 127 Å². The Morgan fingerprint density at radius 2 is 1.63 bits per heavy atom. The molecule has 0 aliphatic carbocycles. The molecule has 1 atom stereocenters. The minimum absolute atomic E-state index is 0.00125. The molecule has 11 heteroatoms. The number of nitrogens with zero attached hydrogens (tertiary/aromatic N) is 1. The first kappa shape index (κ1) is 22.9. The minimum atomic E-state index is -3.77. The molecule has 2 aromatic rings. The third-order valence-electron chi connectivity index (χ3n) is 4.92. The molecule has 1 unspecified atom stereocenters. The molecule has 0 spiro atoms. The molecule has 0 radical (unpaired) electrons. The van der Waals surface area contributed by atoms with Crippen molar-refractivity contribution in [2.75, 3.05) is 13.1 Å². The highest BCUT2D eigenvalue weighted by molar-refractivity contribution is 9.10. The molecule has 1 aliphatic rings. The third kappa shape index (κ3) is 5.46. The number of rotatable bonds is 6. The highest BCUT2D eigenvalue weighted by atomic mass is 79.9. The zero-order valence-electron chi connectivity index (χ0n) is 16.0. The lowest BCUT2D eigenvalue weighted by atomic mass is 9.99. The summed E-state index contributed by atoms with van der Waals surface area (Å²) in [6, 6.07) is 12.3. The molecule has 8 nitrogen and oxygen atoms in total. The number of nitrogens with one attached hydrogen (secondary N) is 1. The van der Waals surface area contributed by atoms with Crippen LogP contribution in [0.15, 0.2) is 62.8 Å². The number of piperidine rings is 1. The van der Waals surface area contributed by atoms with Crippen molar-refractivity contribution in [3.05, 3.63) is 58.6 Å². The van der Waals surface area contributed by atoms with E-state index in [0.29, 0.717) is 24.9 Å². The van der Waals surface area contributed by atoms with Gasteiger partial charge in [-0.05, 0) is 54.8 Å². The summed E-state index contributed by atoms with van der Waals surface area (Å²) in [5, 5.41) is 7.87. The van der Waals surface area contributed by atoms with Crippen molar-refractivity contribution in [1.82, 2.24) is 9.62 Å². The maximum atomic E-state index is 12.9. The van der Waals surface area contributed by atoms with Gasteiger partial charge in [-0.1, -0.05) is 28.1 Å². The van der Waals surface area contributed by atoms with E-state index < -0.39 is 26.0 Å². The van der Waals surface area contributed by atoms with Gasteiger partial charge in [-0.25, -0.2) is 22.0 Å². The molecule has 2 aromatic carbocycles. The summed E-state index contributed by atoms with van der Waals surface area (Å²) in [6.45, 7) is 0.700. The number of benzene rings is 2. The number of hydrogen-bond acceptors (Lipinski definition) is 5. The van der Waals surface area contributed by atoms with Crippen LogP contribution in [0.3, 0.4) is 0 Å². The minimum Gasteiger partial charge on any atom is -0.352 e. The fourth-order valence-corrected chi connectivity index (χ4v) is 5.56. The summed E-state index contributed by atoms with van der Waals surface area (Å²) in [4.78, 5) is 12.8. The normalized spacial score (nSPS) is 18.1. The van der Waals surface area contributed by atoms with E-state index in [1.807, 2.05) is 0 Å². The first-order valence-corrected chi connectivity index (χ1v) is 13.0. The van der Waals surface area contributed by atoms with Gasteiger partial charge >= 0.3 is 0 Å². The van der Waals surface area contributed by atoms with Crippen molar-refractivity contribution in [3.8, 4) is 0 Å². The zero-order chi connectivity index (χ0) is 21.9. The first-order chi connectivity index (χ1) is 14.1. The SMILES string of the molecule is NS(=O)(=O)c1ccc(CNC(=O)C2CCCN(S(=O)(=O)c3ccc(Br)cc3)C2)cc1. The molecule has 30 heavy (non-hydrogen) atoms. The van der Waals surface area contributed by atoms with Crippen molar-refractivity contribution < 1.29 is 21.6 Å². The van der Waals surface area contributed by atoms with Crippen LogP contribution >= 0.6 is 15.9 Å². The Balaban J connectivity index is 1.62. The Kier molecular flexibility index (Phi) is 6.98. The number of amides is 1. The van der Waals surface area contributed by atoms with Crippen LogP contribution in [-0.4, -0.2) is 40.1 Å². The highest BCUT2D eigenvalue weighted by Gasteiger charge is 2.33. The molecule has 1 aliphatic heterocycles. The van der Waals surface area contributed by atoms with Gasteiger partial charge in [-0.3, -0.25) is 4.79 Å². The van der Waals surface area contributed by atoms with Crippen molar-refractivity contribution in [1.29, 1.82) is 0 Å². The quantitative estimate of drug-likeness (QED) is 0.606. The van der Waals surface area contributed by atoms with Crippen molar-refractivity contribution in [2.45, 2.75) is 29.2 Å². The largest absolute Gasteiger partial charge is 0.352 e. The van der Waals surface area contributed by atoms with Crippen molar-refractivity contribution in [2.24, 2.45) is 11.1 Å². The monoisotopic (exact) mass is 515 g/mol. The maximum absolute atomic E-state index is 12.9. The number of sulfonamides is 2. The van der Waals surface area contributed by atoms with Gasteiger partial charge in [0.15, 0.2) is 0 Å². The molecule has 0 saturated carbocycles. The molecule has 3 rings (SSSR count). The van der Waals surface area contributed by atoms with Crippen LogP contribution < -0.4 is 10.5 Å². The van der Waals surface area contributed by atoms with Crippen LogP contribution in [0, 0.1) is 5.92 Å². The number of primary sulfonamides is 1. The zero-order valence-corrected chi connectivity index (χ0v) is 19.2. The van der Waals surface area contributed by atoms with Gasteiger partial charge in [0.1, 0.15) is 0 Å². The molecule has 3 N–H and O–H groups in total. The van der Waals surface area contributed by atoms with Crippen LogP contribution in [0.2, 0.25) is 0 Å². The lowest BCUT2D eigenvalue weighted by molar-refractivity contribution is -0.126. The molecular weight excluding hydrogens is 494 g/mol. The van der Waals surface area contributed by atoms with Gasteiger partial charge < -0.3 is 5.32 Å². The van der Waals surface area contributed by atoms with Crippen LogP contribution in [-0.2, 0) is 31.4 Å². The summed E-state index contributed by atoms with van der Waals surface area (Å²) in [6.07, 6.45) is 1.19. The van der Waals surface area contributed by atoms with Crippen molar-refractivity contribution >= 4 is 41.9 Å².